The fourth-order valence-electron chi connectivity index (χ4n) is 2.94. The van der Waals surface area contributed by atoms with Crippen LogP contribution in [0.1, 0.15) is 45.2 Å². The van der Waals surface area contributed by atoms with Crippen molar-refractivity contribution in [3.05, 3.63) is 34.3 Å². The summed E-state index contributed by atoms with van der Waals surface area (Å²) in [4.78, 5) is 12.7. The highest BCUT2D eigenvalue weighted by atomic mass is 79.9. The number of benzene rings is 1. The van der Waals surface area contributed by atoms with Gasteiger partial charge in [0.1, 0.15) is 0 Å². The topological polar surface area (TPSA) is 41.1 Å². The Kier molecular flexibility index (Phi) is 5.44. The Morgan fingerprint density at radius 3 is 2.76 bits per heavy atom. The van der Waals surface area contributed by atoms with E-state index in [2.05, 4.69) is 40.4 Å². The van der Waals surface area contributed by atoms with Gasteiger partial charge in [0, 0.05) is 9.89 Å². The second-order valence-electron chi connectivity index (χ2n) is 6.48. The molecule has 116 valence electrons. The van der Waals surface area contributed by atoms with E-state index in [1.165, 1.54) is 0 Å². The first-order valence-corrected chi connectivity index (χ1v) is 8.48. The standard InChI is InChI=1S/C17H25BrN2O/c1-12(14-8-4-5-9-15(14)18)20-16(21)17(2,3)13-7-6-10-19-11-13/h4-5,8-9,12-13,19H,6-7,10-11H2,1-3H3,(H,20,21)/t12-,13?/m1/s1. The van der Waals surface area contributed by atoms with E-state index in [1.54, 1.807) is 0 Å². The van der Waals surface area contributed by atoms with E-state index in [4.69, 9.17) is 0 Å². The molecule has 0 aromatic heterocycles. The summed E-state index contributed by atoms with van der Waals surface area (Å²) in [5.41, 5.74) is 0.770. The molecule has 21 heavy (non-hydrogen) atoms. The van der Waals surface area contributed by atoms with E-state index in [1.807, 2.05) is 31.2 Å². The van der Waals surface area contributed by atoms with Crippen LogP contribution < -0.4 is 10.6 Å². The maximum atomic E-state index is 12.7. The molecule has 1 amide bonds. The molecule has 4 heteroatoms. The van der Waals surface area contributed by atoms with Crippen LogP contribution in [-0.4, -0.2) is 19.0 Å². The molecule has 1 aliphatic rings. The highest BCUT2D eigenvalue weighted by Crippen LogP contribution is 2.33. The fourth-order valence-corrected chi connectivity index (χ4v) is 3.57. The Labute approximate surface area is 136 Å². The summed E-state index contributed by atoms with van der Waals surface area (Å²) in [7, 11) is 0. The monoisotopic (exact) mass is 352 g/mol. The molecule has 0 saturated carbocycles. The number of carbonyl (C=O) groups excluding carboxylic acids is 1. The third-order valence-corrected chi connectivity index (χ3v) is 5.34. The molecule has 3 nitrogen and oxygen atoms in total. The summed E-state index contributed by atoms with van der Waals surface area (Å²) >= 11 is 3.55. The second kappa shape index (κ2) is 6.93. The van der Waals surface area contributed by atoms with Crippen molar-refractivity contribution < 1.29 is 4.79 Å². The van der Waals surface area contributed by atoms with Crippen molar-refractivity contribution in [3.63, 3.8) is 0 Å². The smallest absolute Gasteiger partial charge is 0.226 e. The van der Waals surface area contributed by atoms with Gasteiger partial charge in [-0.2, -0.15) is 0 Å². The van der Waals surface area contributed by atoms with Gasteiger partial charge in [-0.3, -0.25) is 4.79 Å². The minimum Gasteiger partial charge on any atom is -0.349 e. The molecule has 1 heterocycles. The molecule has 0 spiro atoms. The quantitative estimate of drug-likeness (QED) is 0.868. The van der Waals surface area contributed by atoms with Crippen molar-refractivity contribution in [3.8, 4) is 0 Å². The van der Waals surface area contributed by atoms with Crippen molar-refractivity contribution in [2.45, 2.75) is 39.7 Å². The highest BCUT2D eigenvalue weighted by Gasteiger charge is 2.37. The van der Waals surface area contributed by atoms with Crippen LogP contribution in [0.4, 0.5) is 0 Å². The van der Waals surface area contributed by atoms with Crippen molar-refractivity contribution in [1.82, 2.24) is 10.6 Å². The summed E-state index contributed by atoms with van der Waals surface area (Å²) in [6.07, 6.45) is 2.28. The van der Waals surface area contributed by atoms with E-state index < -0.39 is 0 Å². The average Bonchev–Trinajstić information content (AvgIpc) is 2.48. The third-order valence-electron chi connectivity index (χ3n) is 4.62. The number of carbonyl (C=O) groups is 1. The first kappa shape index (κ1) is 16.5. The van der Waals surface area contributed by atoms with Crippen molar-refractivity contribution in [2.75, 3.05) is 13.1 Å². The number of rotatable bonds is 4. The SMILES string of the molecule is C[C@@H](NC(=O)C(C)(C)C1CCCNC1)c1ccccc1Br. The van der Waals surface area contributed by atoms with Crippen LogP contribution in [0.25, 0.3) is 0 Å². The molecule has 0 radical (unpaired) electrons. The Balaban J connectivity index is 2.04. The van der Waals surface area contributed by atoms with Crippen LogP contribution in [0, 0.1) is 11.3 Å². The first-order valence-electron chi connectivity index (χ1n) is 7.69. The van der Waals surface area contributed by atoms with E-state index >= 15 is 0 Å². The van der Waals surface area contributed by atoms with Gasteiger partial charge in [-0.15, -0.1) is 0 Å². The molecule has 1 saturated heterocycles. The third kappa shape index (κ3) is 3.86. The number of hydrogen-bond acceptors (Lipinski definition) is 2. The summed E-state index contributed by atoms with van der Waals surface area (Å²) in [6, 6.07) is 8.04. The predicted octanol–water partition coefficient (Wildman–Crippen LogP) is 3.65. The lowest BCUT2D eigenvalue weighted by molar-refractivity contribution is -0.133. The van der Waals surface area contributed by atoms with Gasteiger partial charge in [0.15, 0.2) is 0 Å². The van der Waals surface area contributed by atoms with Crippen LogP contribution in [0.5, 0.6) is 0 Å². The molecule has 1 unspecified atom stereocenters. The predicted molar refractivity (Wildman–Crippen MR) is 90.1 cm³/mol. The van der Waals surface area contributed by atoms with Crippen LogP contribution >= 0.6 is 15.9 Å². The molecule has 2 rings (SSSR count). The fraction of sp³-hybridized carbons (Fsp3) is 0.588. The molecule has 0 aliphatic carbocycles. The van der Waals surface area contributed by atoms with Crippen molar-refractivity contribution in [2.24, 2.45) is 11.3 Å². The minimum absolute atomic E-state index is 0.00361. The Morgan fingerprint density at radius 2 is 2.14 bits per heavy atom. The van der Waals surface area contributed by atoms with Crippen LogP contribution in [0.15, 0.2) is 28.7 Å². The van der Waals surface area contributed by atoms with Crippen molar-refractivity contribution >= 4 is 21.8 Å². The zero-order chi connectivity index (χ0) is 15.5. The normalized spacial score (nSPS) is 20.9. The zero-order valence-electron chi connectivity index (χ0n) is 13.1. The van der Waals surface area contributed by atoms with Crippen molar-refractivity contribution in [1.29, 1.82) is 0 Å². The lowest BCUT2D eigenvalue weighted by Gasteiger charge is -2.36. The molecular formula is C17H25BrN2O. The summed E-state index contributed by atoms with van der Waals surface area (Å²) in [5, 5.41) is 6.58. The van der Waals surface area contributed by atoms with Crippen LogP contribution in [0.3, 0.4) is 0 Å². The zero-order valence-corrected chi connectivity index (χ0v) is 14.7. The summed E-state index contributed by atoms with van der Waals surface area (Å²) in [6.45, 7) is 8.16. The number of amides is 1. The molecule has 1 aromatic carbocycles. The van der Waals surface area contributed by atoms with E-state index in [0.29, 0.717) is 5.92 Å². The van der Waals surface area contributed by atoms with E-state index in [-0.39, 0.29) is 17.4 Å². The molecule has 2 N–H and O–H groups in total. The molecular weight excluding hydrogens is 328 g/mol. The number of piperidine rings is 1. The first-order chi connectivity index (χ1) is 9.93. The molecule has 0 bridgehead atoms. The summed E-state index contributed by atoms with van der Waals surface area (Å²) in [5.74, 6) is 0.539. The van der Waals surface area contributed by atoms with Gasteiger partial charge in [0.25, 0.3) is 0 Å². The number of hydrogen-bond donors (Lipinski definition) is 2. The maximum absolute atomic E-state index is 12.7. The van der Waals surface area contributed by atoms with Gasteiger partial charge in [-0.05, 0) is 50.4 Å². The molecule has 1 aromatic rings. The molecule has 1 fully saturated rings. The van der Waals surface area contributed by atoms with Crippen LogP contribution in [0.2, 0.25) is 0 Å². The number of halogens is 1. The van der Waals surface area contributed by atoms with Gasteiger partial charge in [-0.1, -0.05) is 48.0 Å². The Hall–Kier alpha value is -0.870. The lowest BCUT2D eigenvalue weighted by atomic mass is 9.74. The molecule has 2 atom stereocenters. The lowest BCUT2D eigenvalue weighted by Crippen LogP contribution is -2.47. The minimum atomic E-state index is -0.344. The van der Waals surface area contributed by atoms with Gasteiger partial charge in [-0.25, -0.2) is 0 Å². The Bertz CT molecular complexity index is 495. The molecule has 1 aliphatic heterocycles. The van der Waals surface area contributed by atoms with Gasteiger partial charge < -0.3 is 10.6 Å². The largest absolute Gasteiger partial charge is 0.349 e. The maximum Gasteiger partial charge on any atom is 0.226 e. The van der Waals surface area contributed by atoms with E-state index in [9.17, 15) is 4.79 Å². The van der Waals surface area contributed by atoms with Gasteiger partial charge in [0.05, 0.1) is 6.04 Å². The second-order valence-corrected chi connectivity index (χ2v) is 7.34. The average molecular weight is 353 g/mol. The van der Waals surface area contributed by atoms with E-state index in [0.717, 1.165) is 36.0 Å². The number of nitrogens with one attached hydrogen (secondary N) is 2. The Morgan fingerprint density at radius 1 is 1.43 bits per heavy atom. The highest BCUT2D eigenvalue weighted by molar-refractivity contribution is 9.10. The summed E-state index contributed by atoms with van der Waals surface area (Å²) < 4.78 is 1.04. The van der Waals surface area contributed by atoms with Gasteiger partial charge in [0.2, 0.25) is 5.91 Å². The van der Waals surface area contributed by atoms with Crippen LogP contribution in [-0.2, 0) is 4.79 Å². The van der Waals surface area contributed by atoms with Gasteiger partial charge >= 0.3 is 0 Å².